The first-order valence-electron chi connectivity index (χ1n) is 12.3. The normalized spacial score (nSPS) is 10.9. The fourth-order valence-corrected chi connectivity index (χ4v) is 4.89. The van der Waals surface area contributed by atoms with Gasteiger partial charge in [0, 0.05) is 12.1 Å². The second-order valence-electron chi connectivity index (χ2n) is 8.52. The fourth-order valence-electron chi connectivity index (χ4n) is 3.81. The Balaban J connectivity index is 1.52. The van der Waals surface area contributed by atoms with Crippen molar-refractivity contribution >= 4 is 28.9 Å². The van der Waals surface area contributed by atoms with Crippen LogP contribution >= 0.6 is 0 Å². The molecule has 0 atom stereocenters. The van der Waals surface area contributed by atoms with Gasteiger partial charge in [-0.15, -0.1) is 0 Å². The summed E-state index contributed by atoms with van der Waals surface area (Å²) in [6.45, 7) is 10.0. The average Bonchev–Trinajstić information content (AvgIpc) is 2.90. The van der Waals surface area contributed by atoms with E-state index < -0.39 is 0 Å². The molecule has 0 saturated carbocycles. The fraction of sp³-hybridized carbons (Fsp3) is 0.310. The molecule has 0 aliphatic rings. The summed E-state index contributed by atoms with van der Waals surface area (Å²) in [5, 5.41) is 9.36. The number of nitrogens with one attached hydrogen (secondary N) is 3. The van der Waals surface area contributed by atoms with Crippen molar-refractivity contribution < 1.29 is 30.8 Å². The Morgan fingerprint density at radius 3 is 2.08 bits per heavy atom. The maximum Gasteiger partial charge on any atom is -0.0268 e. The molecule has 192 valence electrons. The smallest absolute Gasteiger partial charge is 0.0268 e. The van der Waals surface area contributed by atoms with E-state index >= 15 is 0 Å². The molecule has 3 aromatic rings. The van der Waals surface area contributed by atoms with Crippen LogP contribution in [0.3, 0.4) is 0 Å². The van der Waals surface area contributed by atoms with Crippen molar-refractivity contribution in [3.8, 4) is 0 Å². The number of anilines is 3. The van der Waals surface area contributed by atoms with Gasteiger partial charge in [0.1, 0.15) is 0 Å². The summed E-state index contributed by atoms with van der Waals surface area (Å²) >= 11 is 0.0273. The van der Waals surface area contributed by atoms with E-state index in [0.717, 1.165) is 48.7 Å². The number of hydrogen-bond acceptors (Lipinski definition) is 4. The minimum absolute atomic E-state index is 0.0273. The van der Waals surface area contributed by atoms with Gasteiger partial charge in [-0.25, -0.2) is 0 Å². The van der Waals surface area contributed by atoms with E-state index in [2.05, 4.69) is 39.6 Å². The van der Waals surface area contributed by atoms with E-state index in [9.17, 15) is 9.59 Å². The van der Waals surface area contributed by atoms with Gasteiger partial charge < -0.3 is 10.2 Å². The molecule has 6 nitrogen and oxygen atoms in total. The van der Waals surface area contributed by atoms with Crippen LogP contribution in [0.5, 0.6) is 0 Å². The number of halogens is 1. The van der Waals surface area contributed by atoms with Crippen molar-refractivity contribution in [1.82, 2.24) is 10.2 Å². The minimum atomic E-state index is -0.116. The Morgan fingerprint density at radius 2 is 1.47 bits per heavy atom. The SMILES string of the molecule is CCN(CC)CCCNC(=O)c1ccc(Nc2ccc(NC(=O)c3ccc([I-]C)cc3)cc2)c(C)c1. The summed E-state index contributed by atoms with van der Waals surface area (Å²) in [5.74, 6) is -0.162. The quantitative estimate of drug-likeness (QED) is 0.170. The molecule has 3 rings (SSSR count). The Morgan fingerprint density at radius 1 is 0.833 bits per heavy atom. The molecule has 0 bridgehead atoms. The van der Waals surface area contributed by atoms with Crippen molar-refractivity contribution in [2.75, 3.05) is 41.7 Å². The summed E-state index contributed by atoms with van der Waals surface area (Å²) in [7, 11) is 0. The van der Waals surface area contributed by atoms with Gasteiger partial charge in [-0.05, 0) is 56.7 Å². The zero-order valence-electron chi connectivity index (χ0n) is 21.5. The zero-order chi connectivity index (χ0) is 25.9. The minimum Gasteiger partial charge on any atom is -0.0445 e. The van der Waals surface area contributed by atoms with E-state index in [1.54, 1.807) is 0 Å². The summed E-state index contributed by atoms with van der Waals surface area (Å²) in [5.41, 5.74) is 4.88. The first kappa shape index (κ1) is 27.7. The monoisotopic (exact) mass is 599 g/mol. The number of carbonyl (C=O) groups excluding carboxylic acids is 2. The summed E-state index contributed by atoms with van der Waals surface area (Å²) in [4.78, 5) is 29.6. The molecule has 0 spiro atoms. The van der Waals surface area contributed by atoms with Crippen LogP contribution in [0.1, 0.15) is 46.5 Å². The van der Waals surface area contributed by atoms with E-state index in [-0.39, 0.29) is 33.0 Å². The number of hydrogen-bond donors (Lipinski definition) is 3. The molecular weight excluding hydrogens is 563 g/mol. The number of nitrogens with zero attached hydrogens (tertiary/aromatic N) is 1. The third-order valence-electron chi connectivity index (χ3n) is 6.07. The Kier molecular flexibility index (Phi) is 10.8. The molecule has 7 heteroatoms. The van der Waals surface area contributed by atoms with Crippen LogP contribution in [-0.2, 0) is 0 Å². The molecule has 36 heavy (non-hydrogen) atoms. The molecule has 0 unspecified atom stereocenters. The van der Waals surface area contributed by atoms with Gasteiger partial charge >= 0.3 is 122 Å². The van der Waals surface area contributed by atoms with Crippen LogP contribution in [0.2, 0.25) is 0 Å². The van der Waals surface area contributed by atoms with Crippen molar-refractivity contribution in [2.24, 2.45) is 0 Å². The van der Waals surface area contributed by atoms with E-state index in [4.69, 9.17) is 0 Å². The van der Waals surface area contributed by atoms with Crippen LogP contribution < -0.4 is 37.2 Å². The number of aryl methyl sites for hydroxylation is 1. The molecule has 0 aliphatic carbocycles. The first-order chi connectivity index (χ1) is 17.4. The molecule has 3 N–H and O–H groups in total. The maximum atomic E-state index is 12.5. The van der Waals surface area contributed by atoms with Crippen LogP contribution in [0.15, 0.2) is 66.7 Å². The van der Waals surface area contributed by atoms with E-state index in [0.29, 0.717) is 17.7 Å². The number of alkyl halides is 1. The molecule has 0 fully saturated rings. The van der Waals surface area contributed by atoms with Crippen molar-refractivity contribution in [3.63, 3.8) is 0 Å². The molecular formula is C29H36IN4O2-. The molecule has 0 aromatic heterocycles. The van der Waals surface area contributed by atoms with Gasteiger partial charge in [-0.2, -0.15) is 0 Å². The Bertz CT molecular complexity index is 1140. The van der Waals surface area contributed by atoms with Crippen molar-refractivity contribution in [1.29, 1.82) is 0 Å². The standard InChI is InChI=1S/C29H36IN4O2/c1-5-34(6-2)19-7-18-31-28(35)23-10-17-27(21(3)20-23)32-25-13-15-26(16-14-25)33-29(36)22-8-11-24(30-4)12-9-22/h8-17,20,32H,5-7,18-19H2,1-4H3,(H,31,35)(H,33,36)/q-1. The van der Waals surface area contributed by atoms with Gasteiger partial charge in [-0.3, -0.25) is 4.79 Å². The van der Waals surface area contributed by atoms with Gasteiger partial charge in [0.2, 0.25) is 0 Å². The van der Waals surface area contributed by atoms with E-state index in [1.165, 1.54) is 3.57 Å². The second kappa shape index (κ2) is 14.0. The summed E-state index contributed by atoms with van der Waals surface area (Å²) < 4.78 is 1.32. The maximum absolute atomic E-state index is 12.5. The van der Waals surface area contributed by atoms with Crippen LogP contribution in [0.4, 0.5) is 17.1 Å². The zero-order valence-corrected chi connectivity index (χ0v) is 23.7. The van der Waals surface area contributed by atoms with Gasteiger partial charge in [0.25, 0.3) is 5.91 Å². The molecule has 2 amide bonds. The second-order valence-corrected chi connectivity index (χ2v) is 10.8. The van der Waals surface area contributed by atoms with Crippen molar-refractivity contribution in [3.05, 3.63) is 87.0 Å². The van der Waals surface area contributed by atoms with Crippen LogP contribution in [-0.4, -0.2) is 47.8 Å². The average molecular weight is 600 g/mol. The molecule has 0 saturated heterocycles. The predicted octanol–water partition coefficient (Wildman–Crippen LogP) is 2.34. The van der Waals surface area contributed by atoms with E-state index in [1.807, 2.05) is 73.7 Å². The number of carbonyl (C=O) groups is 2. The molecule has 0 heterocycles. The predicted molar refractivity (Wildman–Crippen MR) is 145 cm³/mol. The third-order valence-corrected chi connectivity index (χ3v) is 8.03. The van der Waals surface area contributed by atoms with Crippen molar-refractivity contribution in [2.45, 2.75) is 27.2 Å². The van der Waals surface area contributed by atoms with Gasteiger partial charge in [0.05, 0.1) is 0 Å². The number of amides is 2. The third kappa shape index (κ3) is 8.06. The topological polar surface area (TPSA) is 73.5 Å². The van der Waals surface area contributed by atoms with Gasteiger partial charge in [-0.1, -0.05) is 13.8 Å². The first-order valence-corrected chi connectivity index (χ1v) is 15.6. The number of benzene rings is 3. The molecule has 3 aromatic carbocycles. The Hall–Kier alpha value is -2.91. The Labute approximate surface area is 225 Å². The number of rotatable bonds is 12. The van der Waals surface area contributed by atoms with Gasteiger partial charge in [0.15, 0.2) is 0 Å². The largest absolute Gasteiger partial charge is 0.0445 e. The summed E-state index contributed by atoms with van der Waals surface area (Å²) in [6, 6.07) is 21.1. The van der Waals surface area contributed by atoms with Crippen LogP contribution in [0.25, 0.3) is 0 Å². The molecule has 0 radical (unpaired) electrons. The van der Waals surface area contributed by atoms with Crippen LogP contribution in [0, 0.1) is 10.5 Å². The summed E-state index contributed by atoms with van der Waals surface area (Å²) in [6.07, 6.45) is 0.939. The molecule has 0 aliphatic heterocycles.